The van der Waals surface area contributed by atoms with Gasteiger partial charge in [-0.1, -0.05) is 49.4 Å². The Morgan fingerprint density at radius 1 is 1.13 bits per heavy atom. The summed E-state index contributed by atoms with van der Waals surface area (Å²) >= 11 is 2.70. The smallest absolute Gasteiger partial charge is 0.319 e. The minimum atomic E-state index is -0.905. The molecule has 6 nitrogen and oxygen atoms in total. The maximum Gasteiger partial charge on any atom is 0.319 e. The molecule has 3 rings (SSSR count). The molecule has 2 heterocycles. The number of thiazole rings is 1. The Morgan fingerprint density at radius 3 is 2.47 bits per heavy atom. The number of hydrogen-bond donors (Lipinski definition) is 1. The van der Waals surface area contributed by atoms with Crippen LogP contribution in [0, 0.1) is 0 Å². The molecule has 0 unspecified atom stereocenters. The highest BCUT2D eigenvalue weighted by Crippen LogP contribution is 2.34. The Kier molecular flexibility index (Phi) is 7.44. The van der Waals surface area contributed by atoms with Crippen LogP contribution >= 0.6 is 23.1 Å². The molecule has 0 saturated carbocycles. The molecule has 3 aromatic rings. The summed E-state index contributed by atoms with van der Waals surface area (Å²) < 4.78 is 5.48. The summed E-state index contributed by atoms with van der Waals surface area (Å²) in [5.41, 5.74) is 4.23. The quantitative estimate of drug-likeness (QED) is 0.435. The van der Waals surface area contributed by atoms with Gasteiger partial charge < -0.3 is 9.84 Å². The molecule has 0 radical (unpaired) electrons. The first-order valence-electron chi connectivity index (χ1n) is 9.78. The third-order valence-corrected chi connectivity index (χ3v) is 6.60. The van der Waals surface area contributed by atoms with Crippen LogP contribution in [0.3, 0.4) is 0 Å². The Morgan fingerprint density at radius 2 is 1.83 bits per heavy atom. The Balaban J connectivity index is 1.50. The van der Waals surface area contributed by atoms with Crippen LogP contribution in [0.15, 0.2) is 46.4 Å². The average Bonchev–Trinajstić information content (AvgIpc) is 3.16. The topological polar surface area (TPSA) is 85.2 Å². The second kappa shape index (κ2) is 10.0. The van der Waals surface area contributed by atoms with Gasteiger partial charge in [-0.15, -0.1) is 11.3 Å². The minimum absolute atomic E-state index is 0.332. The molecule has 30 heavy (non-hydrogen) atoms. The van der Waals surface area contributed by atoms with Crippen LogP contribution in [0.2, 0.25) is 0 Å². The van der Waals surface area contributed by atoms with E-state index in [1.54, 1.807) is 26.2 Å². The highest BCUT2D eigenvalue weighted by Gasteiger charge is 2.29. The van der Waals surface area contributed by atoms with Gasteiger partial charge in [-0.25, -0.2) is 15.0 Å². The summed E-state index contributed by atoms with van der Waals surface area (Å²) in [6.45, 7) is 5.92. The zero-order valence-corrected chi connectivity index (χ0v) is 18.9. The van der Waals surface area contributed by atoms with Gasteiger partial charge in [0, 0.05) is 29.8 Å². The van der Waals surface area contributed by atoms with Crippen molar-refractivity contribution in [2.24, 2.45) is 0 Å². The average molecular weight is 444 g/mol. The van der Waals surface area contributed by atoms with Gasteiger partial charge in [0.2, 0.25) is 0 Å². The second-order valence-corrected chi connectivity index (χ2v) is 10.0. The van der Waals surface area contributed by atoms with Gasteiger partial charge in [0.15, 0.2) is 4.34 Å². The van der Waals surface area contributed by atoms with Crippen LogP contribution in [0.1, 0.15) is 38.4 Å². The number of aromatic nitrogens is 3. The molecule has 8 heteroatoms. The maximum absolute atomic E-state index is 11.2. The van der Waals surface area contributed by atoms with E-state index in [1.807, 2.05) is 5.38 Å². The number of carboxylic acids is 1. The van der Waals surface area contributed by atoms with Crippen molar-refractivity contribution in [1.82, 2.24) is 15.0 Å². The first kappa shape index (κ1) is 22.2. The van der Waals surface area contributed by atoms with Crippen LogP contribution in [-0.2, 0) is 17.6 Å². The molecule has 0 aliphatic heterocycles. The minimum Gasteiger partial charge on any atom is -0.480 e. The number of thioether (sulfide) groups is 1. The van der Waals surface area contributed by atoms with Crippen molar-refractivity contribution in [3.8, 4) is 17.1 Å². The van der Waals surface area contributed by atoms with E-state index in [-0.39, 0.29) is 0 Å². The van der Waals surface area contributed by atoms with Crippen LogP contribution in [-0.4, -0.2) is 37.4 Å². The number of carbonyl (C=O) groups is 1. The molecule has 0 aliphatic carbocycles. The van der Waals surface area contributed by atoms with E-state index >= 15 is 0 Å². The molecule has 0 bridgehead atoms. The van der Waals surface area contributed by atoms with Gasteiger partial charge >= 0.3 is 12.0 Å². The van der Waals surface area contributed by atoms with Gasteiger partial charge in [-0.05, 0) is 31.4 Å². The lowest BCUT2D eigenvalue weighted by atomic mass is 10.0. The van der Waals surface area contributed by atoms with E-state index in [0.29, 0.717) is 19.0 Å². The Bertz CT molecular complexity index is 970. The van der Waals surface area contributed by atoms with Crippen molar-refractivity contribution in [3.05, 3.63) is 53.3 Å². The maximum atomic E-state index is 11.2. The number of carboxylic acid groups (broad SMARTS) is 1. The van der Waals surface area contributed by atoms with Crippen LogP contribution in [0.4, 0.5) is 0 Å². The fourth-order valence-corrected chi connectivity index (χ4v) is 4.88. The van der Waals surface area contributed by atoms with E-state index in [1.165, 1.54) is 28.7 Å². The third kappa shape index (κ3) is 6.03. The van der Waals surface area contributed by atoms with Gasteiger partial charge in [-0.2, -0.15) is 0 Å². The number of hydrogen-bond acceptors (Lipinski definition) is 7. The number of aryl methyl sites for hydroxylation is 1. The molecule has 0 spiro atoms. The molecule has 0 fully saturated rings. The van der Waals surface area contributed by atoms with Gasteiger partial charge in [0.1, 0.15) is 4.75 Å². The number of benzene rings is 1. The summed E-state index contributed by atoms with van der Waals surface area (Å²) in [6, 6.07) is 8.79. The van der Waals surface area contributed by atoms with Gasteiger partial charge in [0.05, 0.1) is 12.3 Å². The van der Waals surface area contributed by atoms with Crippen molar-refractivity contribution in [2.45, 2.75) is 49.1 Å². The van der Waals surface area contributed by atoms with Crippen molar-refractivity contribution in [1.29, 1.82) is 0 Å². The molecule has 2 aromatic heterocycles. The SMILES string of the molecule is CCCc1ccc(-c2cnc(OCCc3csc(SC(C)(C)C(=O)O)n3)nc2)cc1. The normalized spacial score (nSPS) is 11.4. The second-order valence-electron chi connectivity index (χ2n) is 7.32. The van der Waals surface area contributed by atoms with Crippen molar-refractivity contribution >= 4 is 29.1 Å². The van der Waals surface area contributed by atoms with E-state index in [2.05, 4.69) is 46.1 Å². The van der Waals surface area contributed by atoms with E-state index < -0.39 is 10.7 Å². The highest BCUT2D eigenvalue weighted by atomic mass is 32.2. The lowest BCUT2D eigenvalue weighted by Gasteiger charge is -2.15. The molecule has 1 aromatic carbocycles. The largest absolute Gasteiger partial charge is 0.480 e. The summed E-state index contributed by atoms with van der Waals surface area (Å²) in [6.07, 6.45) is 6.36. The zero-order chi connectivity index (χ0) is 21.6. The van der Waals surface area contributed by atoms with E-state index in [4.69, 9.17) is 4.74 Å². The molecule has 0 aliphatic rings. The summed E-state index contributed by atoms with van der Waals surface area (Å²) in [5, 5.41) is 11.2. The zero-order valence-electron chi connectivity index (χ0n) is 17.3. The van der Waals surface area contributed by atoms with E-state index in [9.17, 15) is 9.90 Å². The molecule has 0 atom stereocenters. The summed E-state index contributed by atoms with van der Waals surface area (Å²) in [4.78, 5) is 24.3. The predicted molar refractivity (Wildman–Crippen MR) is 120 cm³/mol. The first-order valence-corrected chi connectivity index (χ1v) is 11.5. The molecular formula is C22H25N3O3S2. The lowest BCUT2D eigenvalue weighted by molar-refractivity contribution is -0.138. The molecule has 0 saturated heterocycles. The van der Waals surface area contributed by atoms with Gasteiger partial charge in [-0.3, -0.25) is 4.79 Å². The lowest BCUT2D eigenvalue weighted by Crippen LogP contribution is -2.26. The number of nitrogens with zero attached hydrogens (tertiary/aromatic N) is 3. The summed E-state index contributed by atoms with van der Waals surface area (Å²) in [5.74, 6) is -0.856. The standard InChI is InChI=1S/C22H25N3O3S2/c1-4-5-15-6-8-16(9-7-15)17-12-23-20(24-13-17)28-11-10-18-14-29-21(25-18)30-22(2,3)19(26)27/h6-9,12-14H,4-5,10-11H2,1-3H3,(H,26,27). The Hall–Kier alpha value is -2.45. The molecular weight excluding hydrogens is 418 g/mol. The van der Waals surface area contributed by atoms with Crippen molar-refractivity contribution in [2.75, 3.05) is 6.61 Å². The number of ether oxygens (including phenoxy) is 1. The summed E-state index contributed by atoms with van der Waals surface area (Å²) in [7, 11) is 0. The Labute approximate surface area is 184 Å². The molecule has 0 amide bonds. The van der Waals surface area contributed by atoms with Crippen molar-refractivity contribution in [3.63, 3.8) is 0 Å². The molecule has 158 valence electrons. The monoisotopic (exact) mass is 443 g/mol. The van der Waals surface area contributed by atoms with Crippen molar-refractivity contribution < 1.29 is 14.6 Å². The number of rotatable bonds is 10. The first-order chi connectivity index (χ1) is 14.4. The van der Waals surface area contributed by atoms with Crippen LogP contribution < -0.4 is 4.74 Å². The van der Waals surface area contributed by atoms with Gasteiger partial charge in [0.25, 0.3) is 0 Å². The highest BCUT2D eigenvalue weighted by molar-refractivity contribution is 8.02. The fourth-order valence-electron chi connectivity index (χ4n) is 2.65. The number of aliphatic carboxylic acids is 1. The third-order valence-electron chi connectivity index (χ3n) is 4.43. The fraction of sp³-hybridized carbons (Fsp3) is 0.364. The van der Waals surface area contributed by atoms with Crippen LogP contribution in [0.25, 0.3) is 11.1 Å². The predicted octanol–water partition coefficient (Wildman–Crippen LogP) is 5.13. The molecule has 1 N–H and O–H groups in total. The van der Waals surface area contributed by atoms with E-state index in [0.717, 1.165) is 34.0 Å². The van der Waals surface area contributed by atoms with Crippen LogP contribution in [0.5, 0.6) is 6.01 Å².